The zero-order valence-electron chi connectivity index (χ0n) is 23.5. The van der Waals surface area contributed by atoms with Crippen LogP contribution in [0.15, 0.2) is 78.9 Å². The summed E-state index contributed by atoms with van der Waals surface area (Å²) in [5.74, 6) is -0.179. The van der Waals surface area contributed by atoms with Crippen molar-refractivity contribution in [3.05, 3.63) is 78.9 Å². The van der Waals surface area contributed by atoms with Crippen LogP contribution >= 0.6 is 0 Å². The van der Waals surface area contributed by atoms with Gasteiger partial charge in [0, 0.05) is 41.9 Å². The lowest BCUT2D eigenvalue weighted by Gasteiger charge is -2.24. The third-order valence-electron chi connectivity index (χ3n) is 8.36. The highest BCUT2D eigenvalue weighted by Gasteiger charge is 2.40. The predicted molar refractivity (Wildman–Crippen MR) is 161 cm³/mol. The molecule has 0 radical (unpaired) electrons. The van der Waals surface area contributed by atoms with Gasteiger partial charge in [-0.25, -0.2) is 0 Å². The highest BCUT2D eigenvalue weighted by molar-refractivity contribution is 6.00. The first-order chi connectivity index (χ1) is 20.9. The van der Waals surface area contributed by atoms with Crippen LogP contribution in [-0.4, -0.2) is 68.8 Å². The van der Waals surface area contributed by atoms with Crippen LogP contribution in [0.4, 0.5) is 11.4 Å². The third-order valence-corrected chi connectivity index (χ3v) is 8.36. The van der Waals surface area contributed by atoms with Gasteiger partial charge >= 0.3 is 0 Å². The van der Waals surface area contributed by atoms with Gasteiger partial charge in [0.2, 0.25) is 11.8 Å². The molecule has 0 bridgehead atoms. The van der Waals surface area contributed by atoms with Crippen LogP contribution in [0, 0.1) is 11.8 Å². The number of carbonyl (C=O) groups excluding carboxylic acids is 4. The summed E-state index contributed by atoms with van der Waals surface area (Å²) in [4.78, 5) is 54.1. The van der Waals surface area contributed by atoms with E-state index in [-0.39, 0.29) is 35.5 Å². The van der Waals surface area contributed by atoms with Gasteiger partial charge in [-0.15, -0.1) is 0 Å². The van der Waals surface area contributed by atoms with Gasteiger partial charge in [-0.3, -0.25) is 24.3 Å². The lowest BCUT2D eigenvalue weighted by atomic mass is 10.1. The van der Waals surface area contributed by atoms with E-state index in [2.05, 4.69) is 20.8 Å². The quantitative estimate of drug-likeness (QED) is 0.350. The normalized spacial score (nSPS) is 20.8. The Morgan fingerprint density at radius 2 is 1.14 bits per heavy atom. The number of hydrogen-bond donors (Lipinski definition) is 3. The number of H-pyrrole nitrogens is 1. The van der Waals surface area contributed by atoms with Crippen LogP contribution in [0.3, 0.4) is 0 Å². The zero-order chi connectivity index (χ0) is 29.5. The minimum absolute atomic E-state index is 0.0592. The van der Waals surface area contributed by atoms with E-state index in [1.165, 1.54) is 0 Å². The molecule has 2 atom stereocenters. The summed E-state index contributed by atoms with van der Waals surface area (Å²) in [5.41, 5.74) is 4.65. The number of hydrogen-bond acceptors (Lipinski definition) is 5. The first kappa shape index (κ1) is 26.9. The minimum Gasteiger partial charge on any atom is -0.324 e. The number of aromatic amines is 1. The zero-order valence-corrected chi connectivity index (χ0v) is 23.5. The van der Waals surface area contributed by atoms with Crippen molar-refractivity contribution in [1.29, 1.82) is 0 Å². The fraction of sp³-hybridized carbons (Fsp3) is 0.303. The van der Waals surface area contributed by atoms with Gasteiger partial charge in [0.15, 0.2) is 0 Å². The maximum Gasteiger partial charge on any atom is 0.251 e. The Morgan fingerprint density at radius 3 is 1.60 bits per heavy atom. The largest absolute Gasteiger partial charge is 0.324 e. The molecule has 10 nitrogen and oxygen atoms in total. The average molecular weight is 577 g/mol. The van der Waals surface area contributed by atoms with E-state index in [1.54, 1.807) is 22.0 Å². The van der Waals surface area contributed by atoms with Crippen LogP contribution in [-0.2, 0) is 19.2 Å². The standard InChI is InChI=1S/C33H32N6O4/c40-30(28-3-1-17-38(28)32(42)22-5-6-22)34-24-13-9-20(10-14-24)26-19-27(37-36-26)21-11-15-25(16-12-21)35-31(41)29-4-2-18-39(29)33(43)23-7-8-23/h1-4,9-16,19,22-23,28-29H,5-8,17-18H2,(H,34,40)(H,35,41)(H,36,37). The number of aromatic nitrogens is 2. The maximum atomic E-state index is 12.9. The van der Waals surface area contributed by atoms with Crippen molar-refractivity contribution in [2.75, 3.05) is 23.7 Å². The van der Waals surface area contributed by atoms with E-state index in [4.69, 9.17) is 0 Å². The van der Waals surface area contributed by atoms with Crippen molar-refractivity contribution in [2.45, 2.75) is 37.8 Å². The molecule has 2 unspecified atom stereocenters. The fourth-order valence-corrected chi connectivity index (χ4v) is 5.59. The molecule has 10 heteroatoms. The van der Waals surface area contributed by atoms with Crippen LogP contribution in [0.2, 0.25) is 0 Å². The lowest BCUT2D eigenvalue weighted by Crippen LogP contribution is -2.44. The molecule has 2 fully saturated rings. The molecule has 4 aliphatic rings. The van der Waals surface area contributed by atoms with E-state index >= 15 is 0 Å². The van der Waals surface area contributed by atoms with E-state index in [9.17, 15) is 19.2 Å². The van der Waals surface area contributed by atoms with Crippen LogP contribution in [0.5, 0.6) is 0 Å². The molecule has 3 N–H and O–H groups in total. The molecule has 0 spiro atoms. The number of anilines is 2. The Morgan fingerprint density at radius 1 is 0.674 bits per heavy atom. The number of carbonyl (C=O) groups is 4. The van der Waals surface area contributed by atoms with Gasteiger partial charge in [0.05, 0.1) is 11.4 Å². The van der Waals surface area contributed by atoms with E-state index < -0.39 is 12.1 Å². The first-order valence-electron chi connectivity index (χ1n) is 14.8. The second-order valence-corrected chi connectivity index (χ2v) is 11.6. The Bertz CT molecular complexity index is 1510. The molecule has 218 valence electrons. The molecule has 0 saturated heterocycles. The van der Waals surface area contributed by atoms with Crippen LogP contribution < -0.4 is 10.6 Å². The molecular weight excluding hydrogens is 544 g/mol. The predicted octanol–water partition coefficient (Wildman–Crippen LogP) is 3.97. The van der Waals surface area contributed by atoms with E-state index in [0.717, 1.165) is 48.2 Å². The van der Waals surface area contributed by atoms with Gasteiger partial charge in [0.25, 0.3) is 11.8 Å². The fourth-order valence-electron chi connectivity index (χ4n) is 5.59. The van der Waals surface area contributed by atoms with Crippen molar-refractivity contribution in [3.63, 3.8) is 0 Å². The van der Waals surface area contributed by atoms with Gasteiger partial charge in [-0.1, -0.05) is 48.6 Å². The van der Waals surface area contributed by atoms with Gasteiger partial charge in [0.1, 0.15) is 12.1 Å². The summed E-state index contributed by atoms with van der Waals surface area (Å²) in [6.07, 6.45) is 10.9. The number of amides is 4. The second kappa shape index (κ2) is 11.0. The third kappa shape index (κ3) is 5.60. The number of nitrogens with one attached hydrogen (secondary N) is 3. The van der Waals surface area contributed by atoms with E-state index in [0.29, 0.717) is 24.5 Å². The van der Waals surface area contributed by atoms with Gasteiger partial charge in [-0.2, -0.15) is 5.10 Å². The topological polar surface area (TPSA) is 128 Å². The molecular formula is C33H32N6O4. The van der Waals surface area contributed by atoms with E-state index in [1.807, 2.05) is 66.7 Å². The molecule has 2 aromatic carbocycles. The summed E-state index contributed by atoms with van der Waals surface area (Å²) >= 11 is 0. The Balaban J connectivity index is 0.958. The second-order valence-electron chi connectivity index (χ2n) is 11.6. The van der Waals surface area contributed by atoms with Crippen molar-refractivity contribution >= 4 is 35.0 Å². The van der Waals surface area contributed by atoms with Gasteiger partial charge in [-0.05, 0) is 61.6 Å². The van der Waals surface area contributed by atoms with Crippen molar-refractivity contribution in [1.82, 2.24) is 20.0 Å². The monoisotopic (exact) mass is 576 g/mol. The Hall–Kier alpha value is -4.99. The Labute approximate surface area is 248 Å². The molecule has 7 rings (SSSR count). The molecule has 4 amide bonds. The molecule has 3 aromatic rings. The maximum absolute atomic E-state index is 12.9. The summed E-state index contributed by atoms with van der Waals surface area (Å²) in [7, 11) is 0. The van der Waals surface area contributed by atoms with Crippen LogP contribution in [0.1, 0.15) is 25.7 Å². The average Bonchev–Trinajstić information content (AvgIpc) is 3.88. The minimum atomic E-state index is -0.577. The summed E-state index contributed by atoms with van der Waals surface area (Å²) in [5, 5.41) is 13.4. The summed E-state index contributed by atoms with van der Waals surface area (Å²) in [6.45, 7) is 0.954. The van der Waals surface area contributed by atoms with Crippen molar-refractivity contribution in [2.24, 2.45) is 11.8 Å². The molecule has 1 aromatic heterocycles. The molecule has 3 heterocycles. The van der Waals surface area contributed by atoms with Crippen LogP contribution in [0.25, 0.3) is 22.5 Å². The lowest BCUT2D eigenvalue weighted by molar-refractivity contribution is -0.137. The molecule has 2 saturated carbocycles. The Kier molecular flexibility index (Phi) is 6.89. The summed E-state index contributed by atoms with van der Waals surface area (Å²) in [6, 6.07) is 15.7. The highest BCUT2D eigenvalue weighted by Crippen LogP contribution is 2.34. The SMILES string of the molecule is O=C(Nc1ccc(-c2cc(-c3ccc(NC(=O)C4C=CCN4C(=O)C4CC4)cc3)[nH]n2)cc1)C1C=CCN1C(=O)C1CC1. The van der Waals surface area contributed by atoms with Crippen molar-refractivity contribution in [3.8, 4) is 22.5 Å². The first-order valence-corrected chi connectivity index (χ1v) is 14.8. The molecule has 2 aliphatic carbocycles. The van der Waals surface area contributed by atoms with Crippen molar-refractivity contribution < 1.29 is 19.2 Å². The number of rotatable bonds is 8. The number of nitrogens with zero attached hydrogens (tertiary/aromatic N) is 3. The number of benzene rings is 2. The summed E-state index contributed by atoms with van der Waals surface area (Å²) < 4.78 is 0. The molecule has 2 aliphatic heterocycles. The van der Waals surface area contributed by atoms with Gasteiger partial charge < -0.3 is 20.4 Å². The molecule has 43 heavy (non-hydrogen) atoms. The smallest absolute Gasteiger partial charge is 0.251 e. The highest BCUT2D eigenvalue weighted by atomic mass is 16.2.